The summed E-state index contributed by atoms with van der Waals surface area (Å²) in [5.41, 5.74) is 6.40. The third-order valence-corrected chi connectivity index (χ3v) is 2.71. The first-order chi connectivity index (χ1) is 6.50. The van der Waals surface area contributed by atoms with Crippen LogP contribution in [0.3, 0.4) is 0 Å². The van der Waals surface area contributed by atoms with Crippen LogP contribution in [0.25, 0.3) is 0 Å². The highest BCUT2D eigenvalue weighted by atomic mass is 79.9. The molecule has 0 amide bonds. The zero-order valence-corrected chi connectivity index (χ0v) is 9.55. The van der Waals surface area contributed by atoms with E-state index in [0.717, 1.165) is 4.47 Å². The maximum absolute atomic E-state index is 10.5. The largest absolute Gasteiger partial charge is 0.481 e. The Morgan fingerprint density at radius 3 is 2.86 bits per heavy atom. The third kappa shape index (κ3) is 2.97. The zero-order valence-electron chi connectivity index (χ0n) is 7.21. The smallest absolute Gasteiger partial charge is 0.305 e. The maximum atomic E-state index is 10.5. The highest BCUT2D eigenvalue weighted by Crippen LogP contribution is 2.26. The van der Waals surface area contributed by atoms with Crippen molar-refractivity contribution >= 4 is 33.5 Å². The van der Waals surface area contributed by atoms with Gasteiger partial charge in [-0.1, -0.05) is 27.5 Å². The second-order valence-corrected chi connectivity index (χ2v) is 4.16. The monoisotopic (exact) mass is 277 g/mol. The van der Waals surface area contributed by atoms with Crippen molar-refractivity contribution in [1.82, 2.24) is 0 Å². The van der Waals surface area contributed by atoms with Crippen molar-refractivity contribution in [3.05, 3.63) is 33.3 Å². The first-order valence-corrected chi connectivity index (χ1v) is 5.10. The van der Waals surface area contributed by atoms with Gasteiger partial charge in [0.2, 0.25) is 0 Å². The van der Waals surface area contributed by atoms with Crippen molar-refractivity contribution in [2.24, 2.45) is 5.73 Å². The van der Waals surface area contributed by atoms with Gasteiger partial charge in [-0.15, -0.1) is 0 Å². The summed E-state index contributed by atoms with van der Waals surface area (Å²) in [6, 6.07) is 4.59. The van der Waals surface area contributed by atoms with E-state index in [1.54, 1.807) is 18.2 Å². The van der Waals surface area contributed by atoms with E-state index < -0.39 is 12.0 Å². The van der Waals surface area contributed by atoms with Gasteiger partial charge in [-0.3, -0.25) is 4.79 Å². The summed E-state index contributed by atoms with van der Waals surface area (Å²) in [6.07, 6.45) is -0.112. The first kappa shape index (κ1) is 11.5. The Morgan fingerprint density at radius 2 is 2.29 bits per heavy atom. The molecule has 0 bridgehead atoms. The average Bonchev–Trinajstić information content (AvgIpc) is 2.08. The molecule has 0 saturated heterocycles. The van der Waals surface area contributed by atoms with Crippen molar-refractivity contribution in [2.45, 2.75) is 12.5 Å². The number of rotatable bonds is 3. The summed E-state index contributed by atoms with van der Waals surface area (Å²) in [5, 5.41) is 9.12. The molecule has 3 N–H and O–H groups in total. The van der Waals surface area contributed by atoms with Gasteiger partial charge in [0.05, 0.1) is 6.42 Å². The van der Waals surface area contributed by atoms with Crippen LogP contribution in [0, 0.1) is 0 Å². The molecule has 1 rings (SSSR count). The van der Waals surface area contributed by atoms with E-state index in [-0.39, 0.29) is 6.42 Å². The van der Waals surface area contributed by atoms with E-state index in [1.165, 1.54) is 0 Å². The summed E-state index contributed by atoms with van der Waals surface area (Å²) in [4.78, 5) is 10.5. The Kier molecular flexibility index (Phi) is 3.92. The number of hydrogen-bond acceptors (Lipinski definition) is 2. The summed E-state index contributed by atoms with van der Waals surface area (Å²) < 4.78 is 0.774. The van der Waals surface area contributed by atoms with Crippen molar-refractivity contribution < 1.29 is 9.90 Å². The molecular weight excluding hydrogens is 269 g/mol. The Labute approximate surface area is 95.0 Å². The van der Waals surface area contributed by atoms with Gasteiger partial charge < -0.3 is 10.8 Å². The minimum atomic E-state index is -0.927. The second-order valence-electron chi connectivity index (χ2n) is 2.87. The van der Waals surface area contributed by atoms with Gasteiger partial charge in [0.15, 0.2) is 0 Å². The number of nitrogens with two attached hydrogens (primary N) is 1. The normalized spacial score (nSPS) is 12.5. The molecule has 0 aromatic heterocycles. The standard InChI is InChI=1S/C9H9BrClNO2/c10-7-2-1-5(11)3-6(7)8(12)4-9(13)14/h1-3,8H,4,12H2,(H,13,14)/t8-/m1/s1. The van der Waals surface area contributed by atoms with Gasteiger partial charge >= 0.3 is 5.97 Å². The summed E-state index contributed by atoms with van der Waals surface area (Å²) in [6.45, 7) is 0. The summed E-state index contributed by atoms with van der Waals surface area (Å²) in [7, 11) is 0. The molecule has 0 aliphatic carbocycles. The van der Waals surface area contributed by atoms with E-state index in [1.807, 2.05) is 0 Å². The molecule has 14 heavy (non-hydrogen) atoms. The molecule has 0 spiro atoms. The minimum Gasteiger partial charge on any atom is -0.481 e. The van der Waals surface area contributed by atoms with E-state index >= 15 is 0 Å². The molecule has 0 aliphatic heterocycles. The lowest BCUT2D eigenvalue weighted by Crippen LogP contribution is -2.15. The molecule has 0 radical (unpaired) electrons. The molecule has 5 heteroatoms. The van der Waals surface area contributed by atoms with Crippen LogP contribution in [0.5, 0.6) is 0 Å². The lowest BCUT2D eigenvalue weighted by atomic mass is 10.1. The average molecular weight is 279 g/mol. The lowest BCUT2D eigenvalue weighted by molar-refractivity contribution is -0.137. The molecule has 0 heterocycles. The number of benzene rings is 1. The number of halogens is 2. The number of aliphatic carboxylic acids is 1. The summed E-state index contributed by atoms with van der Waals surface area (Å²) in [5.74, 6) is -0.927. The molecule has 76 valence electrons. The fourth-order valence-electron chi connectivity index (χ4n) is 1.10. The minimum absolute atomic E-state index is 0.112. The van der Waals surface area contributed by atoms with Crippen LogP contribution in [-0.4, -0.2) is 11.1 Å². The van der Waals surface area contributed by atoms with Crippen molar-refractivity contribution in [3.8, 4) is 0 Å². The molecule has 0 saturated carbocycles. The van der Waals surface area contributed by atoms with E-state index in [9.17, 15) is 4.79 Å². The van der Waals surface area contributed by atoms with E-state index in [0.29, 0.717) is 10.6 Å². The Hall–Kier alpha value is -0.580. The van der Waals surface area contributed by atoms with Gasteiger partial charge in [-0.2, -0.15) is 0 Å². The highest BCUT2D eigenvalue weighted by Gasteiger charge is 2.13. The van der Waals surface area contributed by atoms with Crippen molar-refractivity contribution in [2.75, 3.05) is 0 Å². The highest BCUT2D eigenvalue weighted by molar-refractivity contribution is 9.10. The van der Waals surface area contributed by atoms with Gasteiger partial charge in [0, 0.05) is 15.5 Å². The third-order valence-electron chi connectivity index (χ3n) is 1.75. The molecule has 1 atom stereocenters. The zero-order chi connectivity index (χ0) is 10.7. The quantitative estimate of drug-likeness (QED) is 0.893. The number of carboxylic acids is 1. The molecule has 0 aliphatic rings. The number of carboxylic acid groups (broad SMARTS) is 1. The van der Waals surface area contributed by atoms with Crippen LogP contribution in [-0.2, 0) is 4.79 Å². The van der Waals surface area contributed by atoms with Crippen LogP contribution < -0.4 is 5.73 Å². The van der Waals surface area contributed by atoms with Crippen LogP contribution in [0.1, 0.15) is 18.0 Å². The topological polar surface area (TPSA) is 63.3 Å². The molecule has 0 unspecified atom stereocenters. The van der Waals surface area contributed by atoms with Gasteiger partial charge in [0.25, 0.3) is 0 Å². The maximum Gasteiger partial charge on any atom is 0.305 e. The Morgan fingerprint density at radius 1 is 1.64 bits per heavy atom. The van der Waals surface area contributed by atoms with E-state index in [2.05, 4.69) is 15.9 Å². The molecular formula is C9H9BrClNO2. The van der Waals surface area contributed by atoms with E-state index in [4.69, 9.17) is 22.4 Å². The SMILES string of the molecule is N[C@H](CC(=O)O)c1cc(Cl)ccc1Br. The van der Waals surface area contributed by atoms with Crippen molar-refractivity contribution in [1.29, 1.82) is 0 Å². The second kappa shape index (κ2) is 4.77. The van der Waals surface area contributed by atoms with Crippen LogP contribution in [0.15, 0.2) is 22.7 Å². The molecule has 3 nitrogen and oxygen atoms in total. The van der Waals surface area contributed by atoms with Crippen LogP contribution in [0.4, 0.5) is 0 Å². The summed E-state index contributed by atoms with van der Waals surface area (Å²) >= 11 is 9.06. The number of hydrogen-bond donors (Lipinski definition) is 2. The van der Waals surface area contributed by atoms with Gasteiger partial charge in [0.1, 0.15) is 0 Å². The predicted molar refractivity (Wildman–Crippen MR) is 58.3 cm³/mol. The molecule has 1 aromatic rings. The molecule has 0 fully saturated rings. The van der Waals surface area contributed by atoms with Crippen molar-refractivity contribution in [3.63, 3.8) is 0 Å². The Balaban J connectivity index is 2.93. The fraction of sp³-hybridized carbons (Fsp3) is 0.222. The van der Waals surface area contributed by atoms with Gasteiger partial charge in [-0.05, 0) is 23.8 Å². The predicted octanol–water partition coefficient (Wildman–Crippen LogP) is 2.58. The number of carbonyl (C=O) groups is 1. The van der Waals surface area contributed by atoms with Gasteiger partial charge in [-0.25, -0.2) is 0 Å². The molecule has 1 aromatic carbocycles. The van der Waals surface area contributed by atoms with Crippen LogP contribution in [0.2, 0.25) is 5.02 Å². The lowest BCUT2D eigenvalue weighted by Gasteiger charge is -2.11. The fourth-order valence-corrected chi connectivity index (χ4v) is 1.82. The first-order valence-electron chi connectivity index (χ1n) is 3.93. The Bertz CT molecular complexity index is 357. The van der Waals surface area contributed by atoms with Crippen LogP contribution >= 0.6 is 27.5 Å².